The van der Waals surface area contributed by atoms with Crippen molar-refractivity contribution < 1.29 is 23.7 Å². The van der Waals surface area contributed by atoms with E-state index in [1.54, 1.807) is 36.8 Å². The van der Waals surface area contributed by atoms with Gasteiger partial charge in [-0.05, 0) is 54.6 Å². The van der Waals surface area contributed by atoms with Gasteiger partial charge < -0.3 is 24.3 Å². The van der Waals surface area contributed by atoms with Gasteiger partial charge in [0.15, 0.2) is 17.3 Å². The second kappa shape index (κ2) is 10.3. The molecule has 0 aliphatic rings. The van der Waals surface area contributed by atoms with Crippen molar-refractivity contribution in [2.24, 2.45) is 0 Å². The number of carbonyl (C=O) groups is 1. The summed E-state index contributed by atoms with van der Waals surface area (Å²) in [6.07, 6.45) is 3.06. The summed E-state index contributed by atoms with van der Waals surface area (Å²) in [6, 6.07) is 17.0. The number of methoxy groups -OCH3 is 4. The summed E-state index contributed by atoms with van der Waals surface area (Å²) in [7, 11) is 6.20. The van der Waals surface area contributed by atoms with Crippen LogP contribution in [0.5, 0.6) is 23.0 Å². The third-order valence-electron chi connectivity index (χ3n) is 5.16. The fourth-order valence-corrected chi connectivity index (χ4v) is 4.40. The summed E-state index contributed by atoms with van der Waals surface area (Å²) in [4.78, 5) is 17.3. The van der Waals surface area contributed by atoms with E-state index in [1.165, 1.54) is 27.4 Å². The first kappa shape index (κ1) is 23.1. The van der Waals surface area contributed by atoms with E-state index in [4.69, 9.17) is 23.9 Å². The smallest absolute Gasteiger partial charge is 0.203 e. The van der Waals surface area contributed by atoms with Crippen LogP contribution in [-0.4, -0.2) is 39.2 Å². The Balaban J connectivity index is 1.45. The molecule has 0 spiro atoms. The molecule has 0 fully saturated rings. The Morgan fingerprint density at radius 1 is 0.882 bits per heavy atom. The molecule has 4 rings (SSSR count). The normalized spacial score (nSPS) is 10.9. The predicted octanol–water partition coefficient (Wildman–Crippen LogP) is 5.81. The molecule has 0 amide bonds. The van der Waals surface area contributed by atoms with Gasteiger partial charge in [0.1, 0.15) is 10.8 Å². The fourth-order valence-electron chi connectivity index (χ4n) is 3.40. The lowest BCUT2D eigenvalue weighted by Gasteiger charge is -2.13. The minimum atomic E-state index is -0.201. The van der Waals surface area contributed by atoms with E-state index in [-0.39, 0.29) is 5.78 Å². The van der Waals surface area contributed by atoms with Gasteiger partial charge in [-0.2, -0.15) is 0 Å². The lowest BCUT2D eigenvalue weighted by molar-refractivity contribution is 0.104. The van der Waals surface area contributed by atoms with E-state index in [1.807, 2.05) is 42.5 Å². The molecule has 1 aromatic heterocycles. The summed E-state index contributed by atoms with van der Waals surface area (Å²) < 4.78 is 22.3. The van der Waals surface area contributed by atoms with Gasteiger partial charge in [-0.1, -0.05) is 0 Å². The second-order valence-electron chi connectivity index (χ2n) is 7.19. The molecular weight excluding hydrogens is 452 g/mol. The molecule has 174 valence electrons. The van der Waals surface area contributed by atoms with Crippen LogP contribution in [0.4, 0.5) is 5.69 Å². The van der Waals surface area contributed by atoms with Crippen LogP contribution < -0.4 is 24.3 Å². The number of allylic oxidation sites excluding steroid dienone is 1. The molecule has 0 atom stereocenters. The van der Waals surface area contributed by atoms with Gasteiger partial charge in [-0.3, -0.25) is 4.79 Å². The van der Waals surface area contributed by atoms with Crippen molar-refractivity contribution in [3.8, 4) is 33.6 Å². The standard InChI is InChI=1S/C26H24N2O5S/c1-30-19-9-10-20-24(15-19)34-26(28-20)16-5-7-18(8-6-16)27-12-11-21(29)17-13-22(31-2)25(33-4)23(14-17)32-3/h5-15,27H,1-4H3/b12-11-. The summed E-state index contributed by atoms with van der Waals surface area (Å²) >= 11 is 1.61. The number of hydrogen-bond donors (Lipinski definition) is 1. The van der Waals surface area contributed by atoms with Crippen molar-refractivity contribution in [1.82, 2.24) is 4.98 Å². The van der Waals surface area contributed by atoms with E-state index >= 15 is 0 Å². The average molecular weight is 477 g/mol. The zero-order valence-electron chi connectivity index (χ0n) is 19.2. The molecule has 0 radical (unpaired) electrons. The second-order valence-corrected chi connectivity index (χ2v) is 8.22. The van der Waals surface area contributed by atoms with E-state index in [2.05, 4.69) is 5.32 Å². The van der Waals surface area contributed by atoms with Crippen LogP contribution in [0.1, 0.15) is 10.4 Å². The molecule has 1 N–H and O–H groups in total. The molecule has 8 heteroatoms. The van der Waals surface area contributed by atoms with Crippen LogP contribution in [0.15, 0.2) is 66.9 Å². The molecule has 3 aromatic carbocycles. The Bertz CT molecular complexity index is 1320. The third kappa shape index (κ3) is 4.82. The van der Waals surface area contributed by atoms with Crippen LogP contribution in [0.25, 0.3) is 20.8 Å². The number of nitrogens with one attached hydrogen (secondary N) is 1. The highest BCUT2D eigenvalue weighted by atomic mass is 32.1. The number of fused-ring (bicyclic) bond motifs is 1. The lowest BCUT2D eigenvalue weighted by Crippen LogP contribution is -2.01. The number of thiazole rings is 1. The van der Waals surface area contributed by atoms with Crippen molar-refractivity contribution in [2.75, 3.05) is 33.8 Å². The molecule has 0 unspecified atom stereocenters. The van der Waals surface area contributed by atoms with Gasteiger partial charge in [0, 0.05) is 29.1 Å². The fraction of sp³-hybridized carbons (Fsp3) is 0.154. The number of nitrogens with zero attached hydrogens (tertiary/aromatic N) is 1. The maximum absolute atomic E-state index is 12.6. The molecule has 0 aliphatic heterocycles. The first-order chi connectivity index (χ1) is 16.6. The highest BCUT2D eigenvalue weighted by molar-refractivity contribution is 7.21. The van der Waals surface area contributed by atoms with E-state index < -0.39 is 0 Å². The van der Waals surface area contributed by atoms with Crippen LogP contribution in [0.2, 0.25) is 0 Å². The first-order valence-corrected chi connectivity index (χ1v) is 11.2. The molecule has 0 bridgehead atoms. The molecule has 7 nitrogen and oxygen atoms in total. The topological polar surface area (TPSA) is 78.9 Å². The number of aromatic nitrogens is 1. The number of benzene rings is 3. The monoisotopic (exact) mass is 476 g/mol. The number of rotatable bonds is 9. The molecule has 34 heavy (non-hydrogen) atoms. The quantitative estimate of drug-likeness (QED) is 0.241. The summed E-state index contributed by atoms with van der Waals surface area (Å²) in [6.45, 7) is 0. The molecule has 1 heterocycles. The summed E-state index contributed by atoms with van der Waals surface area (Å²) in [5, 5.41) is 4.06. The van der Waals surface area contributed by atoms with Crippen LogP contribution in [-0.2, 0) is 0 Å². The van der Waals surface area contributed by atoms with Crippen molar-refractivity contribution >= 4 is 33.0 Å². The van der Waals surface area contributed by atoms with Gasteiger partial charge in [0.05, 0.1) is 38.7 Å². The number of ether oxygens (including phenoxy) is 4. The SMILES string of the molecule is COc1ccc2nc(-c3ccc(N/C=C\C(=O)c4cc(OC)c(OC)c(OC)c4)cc3)sc2c1. The summed E-state index contributed by atoms with van der Waals surface area (Å²) in [5.41, 5.74) is 3.23. The number of ketones is 1. The Hall–Kier alpha value is -4.04. The van der Waals surface area contributed by atoms with Crippen LogP contribution >= 0.6 is 11.3 Å². The van der Waals surface area contributed by atoms with Crippen LogP contribution in [0.3, 0.4) is 0 Å². The number of anilines is 1. The van der Waals surface area contributed by atoms with Gasteiger partial charge in [-0.15, -0.1) is 11.3 Å². The van der Waals surface area contributed by atoms with Crippen molar-refractivity contribution in [2.45, 2.75) is 0 Å². The lowest BCUT2D eigenvalue weighted by atomic mass is 10.1. The summed E-state index contributed by atoms with van der Waals surface area (Å²) in [5.74, 6) is 1.91. The maximum Gasteiger partial charge on any atom is 0.203 e. The first-order valence-electron chi connectivity index (χ1n) is 10.4. The van der Waals surface area contributed by atoms with Gasteiger partial charge in [-0.25, -0.2) is 4.98 Å². The minimum Gasteiger partial charge on any atom is -0.497 e. The Morgan fingerprint density at radius 3 is 2.21 bits per heavy atom. The third-order valence-corrected chi connectivity index (χ3v) is 6.23. The van der Waals surface area contributed by atoms with E-state index in [0.717, 1.165) is 32.2 Å². The van der Waals surface area contributed by atoms with Gasteiger partial charge in [0.25, 0.3) is 0 Å². The Morgan fingerprint density at radius 2 is 1.59 bits per heavy atom. The number of hydrogen-bond acceptors (Lipinski definition) is 8. The zero-order chi connectivity index (χ0) is 24.1. The largest absolute Gasteiger partial charge is 0.497 e. The Kier molecular flexibility index (Phi) is 6.98. The maximum atomic E-state index is 12.6. The molecule has 0 aliphatic carbocycles. The van der Waals surface area contributed by atoms with E-state index in [9.17, 15) is 4.79 Å². The van der Waals surface area contributed by atoms with Gasteiger partial charge in [0.2, 0.25) is 5.75 Å². The highest BCUT2D eigenvalue weighted by Crippen LogP contribution is 2.38. The zero-order valence-corrected chi connectivity index (χ0v) is 20.1. The van der Waals surface area contributed by atoms with Crippen molar-refractivity contribution in [3.63, 3.8) is 0 Å². The minimum absolute atomic E-state index is 0.201. The van der Waals surface area contributed by atoms with Crippen LogP contribution in [0, 0.1) is 0 Å². The van der Waals surface area contributed by atoms with Crippen molar-refractivity contribution in [3.05, 3.63) is 72.4 Å². The molecule has 4 aromatic rings. The molecule has 0 saturated carbocycles. The molecule has 0 saturated heterocycles. The van der Waals surface area contributed by atoms with Crippen molar-refractivity contribution in [1.29, 1.82) is 0 Å². The predicted molar refractivity (Wildman–Crippen MR) is 135 cm³/mol. The van der Waals surface area contributed by atoms with Gasteiger partial charge >= 0.3 is 0 Å². The molecular formula is C26H24N2O5S. The average Bonchev–Trinajstić information content (AvgIpc) is 3.31. The van der Waals surface area contributed by atoms with E-state index in [0.29, 0.717) is 22.8 Å². The number of carbonyl (C=O) groups excluding carboxylic acids is 1. The highest BCUT2D eigenvalue weighted by Gasteiger charge is 2.15. The Labute approximate surface area is 201 Å².